The van der Waals surface area contributed by atoms with E-state index in [1.807, 2.05) is 36.4 Å². The van der Waals surface area contributed by atoms with Gasteiger partial charge in [-0.3, -0.25) is 10.1 Å². The van der Waals surface area contributed by atoms with Crippen molar-refractivity contribution in [3.05, 3.63) is 64.2 Å². The Morgan fingerprint density at radius 1 is 1.00 bits per heavy atom. The van der Waals surface area contributed by atoms with Crippen molar-refractivity contribution in [3.8, 4) is 11.1 Å². The first-order chi connectivity index (χ1) is 7.70. The lowest BCUT2D eigenvalue weighted by molar-refractivity contribution is -0.385. The van der Waals surface area contributed by atoms with Crippen LogP contribution in [0, 0.1) is 17.0 Å². The Kier molecular flexibility index (Phi) is 2.68. The van der Waals surface area contributed by atoms with E-state index in [1.54, 1.807) is 13.0 Å². The van der Waals surface area contributed by atoms with E-state index in [4.69, 9.17) is 0 Å². The first kappa shape index (κ1) is 10.4. The van der Waals surface area contributed by atoms with Gasteiger partial charge in [-0.15, -0.1) is 0 Å². The third-order valence-electron chi connectivity index (χ3n) is 2.59. The van der Waals surface area contributed by atoms with Crippen molar-refractivity contribution in [2.24, 2.45) is 0 Å². The smallest absolute Gasteiger partial charge is 0.258 e. The standard InChI is InChI=1S/C13H11NO2/c1-10-12(11-6-3-2-4-7-11)8-5-9-13(10)14(15)16/h2-9H,1H3. The van der Waals surface area contributed by atoms with Crippen molar-refractivity contribution in [1.82, 2.24) is 0 Å². The first-order valence-corrected chi connectivity index (χ1v) is 4.99. The fourth-order valence-electron chi connectivity index (χ4n) is 1.75. The molecule has 2 aromatic carbocycles. The van der Waals surface area contributed by atoms with Gasteiger partial charge >= 0.3 is 0 Å². The highest BCUT2D eigenvalue weighted by Crippen LogP contribution is 2.29. The van der Waals surface area contributed by atoms with Gasteiger partial charge in [0.1, 0.15) is 0 Å². The van der Waals surface area contributed by atoms with E-state index in [0.29, 0.717) is 5.56 Å². The lowest BCUT2D eigenvalue weighted by atomic mass is 9.99. The molecule has 3 heteroatoms. The molecule has 0 N–H and O–H groups in total. The normalized spacial score (nSPS) is 10.1. The summed E-state index contributed by atoms with van der Waals surface area (Å²) in [6.07, 6.45) is 0. The Hall–Kier alpha value is -2.16. The molecule has 0 aromatic heterocycles. The summed E-state index contributed by atoms with van der Waals surface area (Å²) in [5.41, 5.74) is 2.79. The molecule has 0 saturated heterocycles. The molecule has 0 aliphatic rings. The summed E-state index contributed by atoms with van der Waals surface area (Å²) in [5, 5.41) is 10.8. The Morgan fingerprint density at radius 3 is 2.31 bits per heavy atom. The van der Waals surface area contributed by atoms with Crippen molar-refractivity contribution in [2.75, 3.05) is 0 Å². The molecule has 0 heterocycles. The van der Waals surface area contributed by atoms with Gasteiger partial charge in [-0.25, -0.2) is 0 Å². The summed E-state index contributed by atoms with van der Waals surface area (Å²) >= 11 is 0. The Bertz CT molecular complexity index is 521. The molecule has 0 radical (unpaired) electrons. The van der Waals surface area contributed by atoms with Crippen molar-refractivity contribution in [3.63, 3.8) is 0 Å². The minimum atomic E-state index is -0.345. The van der Waals surface area contributed by atoms with Crippen LogP contribution in [-0.4, -0.2) is 4.92 Å². The van der Waals surface area contributed by atoms with Crippen molar-refractivity contribution < 1.29 is 4.92 Å². The van der Waals surface area contributed by atoms with E-state index in [-0.39, 0.29) is 10.6 Å². The molecule has 2 rings (SSSR count). The van der Waals surface area contributed by atoms with E-state index in [9.17, 15) is 10.1 Å². The van der Waals surface area contributed by atoms with Gasteiger partial charge in [0.15, 0.2) is 0 Å². The summed E-state index contributed by atoms with van der Waals surface area (Å²) in [7, 11) is 0. The van der Waals surface area contributed by atoms with Crippen LogP contribution in [0.4, 0.5) is 5.69 Å². The molecular weight excluding hydrogens is 202 g/mol. The molecule has 16 heavy (non-hydrogen) atoms. The predicted octanol–water partition coefficient (Wildman–Crippen LogP) is 3.57. The molecule has 0 aliphatic heterocycles. The summed E-state index contributed by atoms with van der Waals surface area (Å²) < 4.78 is 0. The highest BCUT2D eigenvalue weighted by atomic mass is 16.6. The Labute approximate surface area is 93.5 Å². The maximum atomic E-state index is 10.8. The van der Waals surface area contributed by atoms with Crippen molar-refractivity contribution >= 4 is 5.69 Å². The van der Waals surface area contributed by atoms with Gasteiger partial charge in [-0.2, -0.15) is 0 Å². The van der Waals surface area contributed by atoms with Gasteiger partial charge in [0.05, 0.1) is 4.92 Å². The van der Waals surface area contributed by atoms with Crippen LogP contribution in [0.5, 0.6) is 0 Å². The zero-order valence-corrected chi connectivity index (χ0v) is 8.88. The third-order valence-corrected chi connectivity index (χ3v) is 2.59. The number of nitro groups is 1. The van der Waals surface area contributed by atoms with Gasteiger partial charge in [0.2, 0.25) is 0 Å². The highest BCUT2D eigenvalue weighted by Gasteiger charge is 2.13. The number of nitrogens with zero attached hydrogens (tertiary/aromatic N) is 1. The first-order valence-electron chi connectivity index (χ1n) is 4.99. The molecule has 80 valence electrons. The average molecular weight is 213 g/mol. The second-order valence-electron chi connectivity index (χ2n) is 3.57. The predicted molar refractivity (Wildman–Crippen MR) is 63.3 cm³/mol. The fraction of sp³-hybridized carbons (Fsp3) is 0.0769. The Morgan fingerprint density at radius 2 is 1.69 bits per heavy atom. The van der Waals surface area contributed by atoms with Crippen LogP contribution in [-0.2, 0) is 0 Å². The molecule has 0 fully saturated rings. The van der Waals surface area contributed by atoms with Crippen LogP contribution in [0.2, 0.25) is 0 Å². The van der Waals surface area contributed by atoms with E-state index >= 15 is 0 Å². The average Bonchev–Trinajstić information content (AvgIpc) is 2.30. The molecular formula is C13H11NO2. The molecule has 3 nitrogen and oxygen atoms in total. The third kappa shape index (κ3) is 1.80. The van der Waals surface area contributed by atoms with Gasteiger partial charge < -0.3 is 0 Å². The maximum Gasteiger partial charge on any atom is 0.272 e. The number of hydrogen-bond donors (Lipinski definition) is 0. The second-order valence-corrected chi connectivity index (χ2v) is 3.57. The van der Waals surface area contributed by atoms with Crippen LogP contribution < -0.4 is 0 Å². The molecule has 2 aromatic rings. The van der Waals surface area contributed by atoms with Gasteiger partial charge in [-0.1, -0.05) is 42.5 Å². The zero-order chi connectivity index (χ0) is 11.5. The number of nitro benzene ring substituents is 1. The van der Waals surface area contributed by atoms with Gasteiger partial charge in [-0.05, 0) is 18.1 Å². The van der Waals surface area contributed by atoms with E-state index in [2.05, 4.69) is 0 Å². The monoisotopic (exact) mass is 213 g/mol. The molecule has 0 bridgehead atoms. The van der Waals surface area contributed by atoms with E-state index < -0.39 is 0 Å². The van der Waals surface area contributed by atoms with Crippen LogP contribution >= 0.6 is 0 Å². The minimum absolute atomic E-state index is 0.168. The topological polar surface area (TPSA) is 43.1 Å². The van der Waals surface area contributed by atoms with E-state index in [1.165, 1.54) is 6.07 Å². The van der Waals surface area contributed by atoms with E-state index in [0.717, 1.165) is 11.1 Å². The van der Waals surface area contributed by atoms with Crippen molar-refractivity contribution in [1.29, 1.82) is 0 Å². The minimum Gasteiger partial charge on any atom is -0.258 e. The molecule has 0 unspecified atom stereocenters. The fourth-order valence-corrected chi connectivity index (χ4v) is 1.75. The van der Waals surface area contributed by atoms with Crippen LogP contribution in [0.25, 0.3) is 11.1 Å². The quantitative estimate of drug-likeness (QED) is 0.565. The molecule has 0 saturated carbocycles. The molecule has 0 atom stereocenters. The number of rotatable bonds is 2. The lowest BCUT2D eigenvalue weighted by Gasteiger charge is -2.05. The summed E-state index contributed by atoms with van der Waals surface area (Å²) in [5.74, 6) is 0. The van der Waals surface area contributed by atoms with Crippen LogP contribution in [0.1, 0.15) is 5.56 Å². The highest BCUT2D eigenvalue weighted by molar-refractivity contribution is 5.70. The molecule has 0 spiro atoms. The van der Waals surface area contributed by atoms with Gasteiger partial charge in [0.25, 0.3) is 5.69 Å². The lowest BCUT2D eigenvalue weighted by Crippen LogP contribution is -1.93. The zero-order valence-electron chi connectivity index (χ0n) is 8.88. The summed E-state index contributed by atoms with van der Waals surface area (Å²) in [6.45, 7) is 1.78. The number of hydrogen-bond acceptors (Lipinski definition) is 2. The largest absolute Gasteiger partial charge is 0.272 e. The maximum absolute atomic E-state index is 10.8. The van der Waals surface area contributed by atoms with Crippen molar-refractivity contribution in [2.45, 2.75) is 6.92 Å². The second kappa shape index (κ2) is 4.14. The summed E-state index contributed by atoms with van der Waals surface area (Å²) in [4.78, 5) is 10.5. The molecule has 0 aliphatic carbocycles. The summed E-state index contributed by atoms with van der Waals surface area (Å²) in [6, 6.07) is 14.8. The van der Waals surface area contributed by atoms with Crippen LogP contribution in [0.3, 0.4) is 0 Å². The van der Waals surface area contributed by atoms with Gasteiger partial charge in [0, 0.05) is 11.6 Å². The number of benzene rings is 2. The Balaban J connectivity index is 2.59. The molecule has 0 amide bonds. The van der Waals surface area contributed by atoms with Crippen LogP contribution in [0.15, 0.2) is 48.5 Å². The SMILES string of the molecule is Cc1c(-c2ccccc2)cccc1[N+](=O)[O-].